The summed E-state index contributed by atoms with van der Waals surface area (Å²) in [6, 6.07) is 2.31. The van der Waals surface area contributed by atoms with Gasteiger partial charge in [-0.15, -0.1) is 0 Å². The number of halogens is 4. The van der Waals surface area contributed by atoms with Gasteiger partial charge in [-0.25, -0.2) is 14.4 Å². The highest BCUT2D eigenvalue weighted by Gasteiger charge is 2.35. The molecule has 9 nitrogen and oxygen atoms in total. The SMILES string of the molecule is Cc1[nH]c2c(-c3cc(C(F)(F)F)ccc3OCC3CC3)ncnc2c1C(=O)N[C@@H]1CCN(C(=O)CO)C[C@@H]1F. The average Bonchev–Trinajstić information content (AvgIpc) is 3.67. The third kappa shape index (κ3) is 5.54. The Hall–Kier alpha value is -3.74. The maximum Gasteiger partial charge on any atom is 0.416 e. The van der Waals surface area contributed by atoms with Gasteiger partial charge < -0.3 is 25.0 Å². The number of fused-ring (bicyclic) bond motifs is 1. The van der Waals surface area contributed by atoms with Gasteiger partial charge in [-0.1, -0.05) is 0 Å². The fraction of sp³-hybridized carbons (Fsp3) is 0.462. The van der Waals surface area contributed by atoms with Crippen molar-refractivity contribution in [1.29, 1.82) is 0 Å². The number of aryl methyl sites for hydroxylation is 1. The van der Waals surface area contributed by atoms with Crippen LogP contribution in [-0.2, 0) is 11.0 Å². The molecule has 208 valence electrons. The summed E-state index contributed by atoms with van der Waals surface area (Å²) < 4.78 is 61.3. The molecule has 1 aliphatic carbocycles. The largest absolute Gasteiger partial charge is 0.493 e. The number of nitrogens with zero attached hydrogens (tertiary/aromatic N) is 3. The van der Waals surface area contributed by atoms with Crippen LogP contribution in [0.5, 0.6) is 5.75 Å². The maximum absolute atomic E-state index is 14.8. The normalized spacial score (nSPS) is 19.8. The number of aliphatic hydroxyl groups excluding tert-OH is 1. The summed E-state index contributed by atoms with van der Waals surface area (Å²) in [6.45, 7) is 1.16. The molecule has 1 aromatic carbocycles. The Bertz CT molecular complexity index is 1400. The van der Waals surface area contributed by atoms with Crippen molar-refractivity contribution >= 4 is 22.8 Å². The highest BCUT2D eigenvalue weighted by molar-refractivity contribution is 6.09. The molecule has 2 aliphatic rings. The predicted molar refractivity (Wildman–Crippen MR) is 132 cm³/mol. The second-order valence-corrected chi connectivity index (χ2v) is 9.92. The van der Waals surface area contributed by atoms with Gasteiger partial charge in [0, 0.05) is 17.8 Å². The lowest BCUT2D eigenvalue weighted by Gasteiger charge is -2.34. The van der Waals surface area contributed by atoms with E-state index in [1.54, 1.807) is 6.92 Å². The summed E-state index contributed by atoms with van der Waals surface area (Å²) in [6.07, 6.45) is -2.84. The second kappa shape index (κ2) is 10.4. The Balaban J connectivity index is 1.47. The number of alkyl halides is 4. The number of rotatable bonds is 7. The van der Waals surface area contributed by atoms with Crippen molar-refractivity contribution in [1.82, 2.24) is 25.2 Å². The highest BCUT2D eigenvalue weighted by Crippen LogP contribution is 2.40. The van der Waals surface area contributed by atoms with E-state index in [1.807, 2.05) is 0 Å². The number of benzene rings is 1. The number of ether oxygens (including phenoxy) is 1. The number of piperidine rings is 1. The van der Waals surface area contributed by atoms with Crippen LogP contribution >= 0.6 is 0 Å². The van der Waals surface area contributed by atoms with Gasteiger partial charge in [0.2, 0.25) is 5.91 Å². The molecule has 13 heteroatoms. The zero-order valence-corrected chi connectivity index (χ0v) is 21.0. The minimum Gasteiger partial charge on any atom is -0.493 e. The molecule has 3 heterocycles. The van der Waals surface area contributed by atoms with Crippen molar-refractivity contribution in [2.45, 2.75) is 44.6 Å². The van der Waals surface area contributed by atoms with Crippen molar-refractivity contribution in [2.24, 2.45) is 5.92 Å². The first-order valence-electron chi connectivity index (χ1n) is 12.6. The van der Waals surface area contributed by atoms with Crippen LogP contribution in [0.15, 0.2) is 24.5 Å². The Morgan fingerprint density at radius 3 is 2.67 bits per heavy atom. The molecule has 2 fully saturated rings. The molecule has 0 bridgehead atoms. The van der Waals surface area contributed by atoms with E-state index in [9.17, 15) is 27.2 Å². The van der Waals surface area contributed by atoms with Crippen LogP contribution < -0.4 is 10.1 Å². The van der Waals surface area contributed by atoms with Crippen LogP contribution in [-0.4, -0.2) is 75.3 Å². The lowest BCUT2D eigenvalue weighted by molar-refractivity contribution is -0.138. The number of likely N-dealkylation sites (tertiary alicyclic amines) is 1. The third-order valence-corrected chi connectivity index (χ3v) is 7.08. The first-order chi connectivity index (χ1) is 18.6. The van der Waals surface area contributed by atoms with E-state index in [2.05, 4.69) is 20.3 Å². The number of aromatic nitrogens is 3. The van der Waals surface area contributed by atoms with Gasteiger partial charge in [0.25, 0.3) is 5.91 Å². The van der Waals surface area contributed by atoms with Gasteiger partial charge in [0.15, 0.2) is 0 Å². The van der Waals surface area contributed by atoms with Crippen LogP contribution in [0.3, 0.4) is 0 Å². The van der Waals surface area contributed by atoms with E-state index in [1.165, 1.54) is 11.0 Å². The summed E-state index contributed by atoms with van der Waals surface area (Å²) in [5.41, 5.74) is 0.278. The number of carbonyl (C=O) groups excluding carboxylic acids is 2. The number of aromatic amines is 1. The summed E-state index contributed by atoms with van der Waals surface area (Å²) in [5.74, 6) is -0.611. The third-order valence-electron chi connectivity index (χ3n) is 7.08. The number of amides is 2. The predicted octanol–water partition coefficient (Wildman–Crippen LogP) is 3.40. The molecule has 3 aromatic rings. The Kier molecular flexibility index (Phi) is 7.19. The van der Waals surface area contributed by atoms with Crippen molar-refractivity contribution in [3.8, 4) is 17.0 Å². The molecule has 39 heavy (non-hydrogen) atoms. The summed E-state index contributed by atoms with van der Waals surface area (Å²) in [5, 5.41) is 11.7. The van der Waals surface area contributed by atoms with Crippen LogP contribution in [0.2, 0.25) is 0 Å². The summed E-state index contributed by atoms with van der Waals surface area (Å²) in [7, 11) is 0. The molecule has 2 aromatic heterocycles. The van der Waals surface area contributed by atoms with E-state index in [0.29, 0.717) is 18.2 Å². The van der Waals surface area contributed by atoms with Crippen molar-refractivity contribution in [2.75, 3.05) is 26.3 Å². The van der Waals surface area contributed by atoms with Gasteiger partial charge in [-0.2, -0.15) is 13.2 Å². The summed E-state index contributed by atoms with van der Waals surface area (Å²) in [4.78, 5) is 37.6. The zero-order chi connectivity index (χ0) is 27.9. The monoisotopic (exact) mass is 549 g/mol. The lowest BCUT2D eigenvalue weighted by atomic mass is 10.0. The zero-order valence-electron chi connectivity index (χ0n) is 21.0. The molecular formula is C26H27F4N5O4. The van der Waals surface area contributed by atoms with Crippen molar-refractivity contribution < 1.29 is 37.0 Å². The number of hydrogen-bond donors (Lipinski definition) is 3. The Labute approximate surface area is 220 Å². The molecular weight excluding hydrogens is 522 g/mol. The Morgan fingerprint density at radius 1 is 1.23 bits per heavy atom. The quantitative estimate of drug-likeness (QED) is 0.389. The van der Waals surface area contributed by atoms with E-state index in [4.69, 9.17) is 9.84 Å². The Morgan fingerprint density at radius 2 is 2.00 bits per heavy atom. The van der Waals surface area contributed by atoms with Gasteiger partial charge in [-0.05, 0) is 50.3 Å². The number of H-pyrrole nitrogens is 1. The van der Waals surface area contributed by atoms with Crippen molar-refractivity contribution in [3.63, 3.8) is 0 Å². The van der Waals surface area contributed by atoms with E-state index in [-0.39, 0.29) is 53.1 Å². The molecule has 3 N–H and O–H groups in total. The standard InChI is InChI=1S/C26H27F4N5O4/c1-13-21(25(38)34-18-6-7-35(9-17(18)27)20(37)10-36)23-24(33-13)22(31-12-32-23)16-8-15(26(28,29)30)4-5-19(16)39-11-14-2-3-14/h4-5,8,12,14,17-18,33,36H,2-3,6-7,9-11H2,1H3,(H,34,38)/t17-,18+/m0/s1. The molecule has 2 atom stereocenters. The number of aliphatic hydroxyl groups is 1. The van der Waals surface area contributed by atoms with Crippen LogP contribution in [0.25, 0.3) is 22.3 Å². The highest BCUT2D eigenvalue weighted by atomic mass is 19.4. The summed E-state index contributed by atoms with van der Waals surface area (Å²) >= 11 is 0. The van der Waals surface area contributed by atoms with Crippen LogP contribution in [0, 0.1) is 12.8 Å². The van der Waals surface area contributed by atoms with Crippen LogP contribution in [0.1, 0.15) is 40.9 Å². The second-order valence-electron chi connectivity index (χ2n) is 9.92. The fourth-order valence-electron chi connectivity index (χ4n) is 4.75. The average molecular weight is 550 g/mol. The van der Waals surface area contributed by atoms with E-state index in [0.717, 1.165) is 31.3 Å². The fourth-order valence-corrected chi connectivity index (χ4v) is 4.75. The first-order valence-corrected chi connectivity index (χ1v) is 12.6. The van der Waals surface area contributed by atoms with Gasteiger partial charge >= 0.3 is 6.18 Å². The lowest BCUT2D eigenvalue weighted by Crippen LogP contribution is -2.54. The van der Waals surface area contributed by atoms with Gasteiger partial charge in [-0.3, -0.25) is 9.59 Å². The molecule has 1 saturated carbocycles. The van der Waals surface area contributed by atoms with Gasteiger partial charge in [0.05, 0.1) is 35.8 Å². The van der Waals surface area contributed by atoms with Crippen molar-refractivity contribution in [3.05, 3.63) is 41.3 Å². The molecule has 2 amide bonds. The van der Waals surface area contributed by atoms with E-state index >= 15 is 0 Å². The number of nitrogens with one attached hydrogen (secondary N) is 2. The number of hydrogen-bond acceptors (Lipinski definition) is 6. The topological polar surface area (TPSA) is 120 Å². The maximum atomic E-state index is 14.8. The molecule has 5 rings (SSSR count). The van der Waals surface area contributed by atoms with Gasteiger partial charge in [0.1, 0.15) is 36.1 Å². The molecule has 1 saturated heterocycles. The first kappa shape index (κ1) is 26.9. The molecule has 0 radical (unpaired) electrons. The minimum absolute atomic E-state index is 0.107. The van der Waals surface area contributed by atoms with Crippen LogP contribution in [0.4, 0.5) is 17.6 Å². The minimum atomic E-state index is -4.59. The number of carbonyl (C=O) groups is 2. The molecule has 1 aliphatic heterocycles. The molecule has 0 spiro atoms. The molecule has 0 unspecified atom stereocenters. The van der Waals surface area contributed by atoms with E-state index < -0.39 is 42.4 Å². The smallest absolute Gasteiger partial charge is 0.416 e.